The van der Waals surface area contributed by atoms with Gasteiger partial charge in [-0.2, -0.15) is 22.0 Å². The summed E-state index contributed by atoms with van der Waals surface area (Å²) in [6, 6.07) is 0. The predicted molar refractivity (Wildman–Crippen MR) is 98.5 cm³/mol. The van der Waals surface area contributed by atoms with Gasteiger partial charge in [-0.25, -0.2) is 0 Å². The monoisotopic (exact) mass is 430 g/mol. The maximum Gasteiger partial charge on any atom is 0.453 e. The molecule has 4 nitrogen and oxygen atoms in total. The maximum absolute atomic E-state index is 13.3. The highest BCUT2D eigenvalue weighted by atomic mass is 19.4. The molecule has 0 heterocycles. The first-order valence-electron chi connectivity index (χ1n) is 9.88. The van der Waals surface area contributed by atoms with Gasteiger partial charge in [-0.3, -0.25) is 9.59 Å². The number of rotatable bonds is 15. The van der Waals surface area contributed by atoms with Crippen LogP contribution in [-0.2, 0) is 19.1 Å². The van der Waals surface area contributed by atoms with E-state index in [4.69, 9.17) is 9.47 Å². The van der Waals surface area contributed by atoms with E-state index in [1.807, 2.05) is 0 Å². The Balaban J connectivity index is 5.36. The lowest BCUT2D eigenvalue weighted by atomic mass is 9.77. The number of carbonyl (C=O) groups excluding carboxylic acids is 2. The lowest BCUT2D eigenvalue weighted by Gasteiger charge is -2.30. The van der Waals surface area contributed by atoms with E-state index in [9.17, 15) is 31.5 Å². The van der Waals surface area contributed by atoms with Gasteiger partial charge in [0.25, 0.3) is 0 Å². The average molecular weight is 430 g/mol. The van der Waals surface area contributed by atoms with E-state index in [1.54, 1.807) is 6.08 Å². The fourth-order valence-electron chi connectivity index (χ4n) is 2.98. The molecule has 0 aliphatic rings. The van der Waals surface area contributed by atoms with Gasteiger partial charge in [0, 0.05) is 6.42 Å². The Hall–Kier alpha value is -1.67. The molecule has 9 heteroatoms. The largest absolute Gasteiger partial charge is 0.465 e. The van der Waals surface area contributed by atoms with Gasteiger partial charge in [0.05, 0.1) is 13.2 Å². The molecule has 29 heavy (non-hydrogen) atoms. The Morgan fingerprint density at radius 1 is 0.793 bits per heavy atom. The minimum absolute atomic E-state index is 0.0314. The van der Waals surface area contributed by atoms with Gasteiger partial charge in [0.15, 0.2) is 5.41 Å². The van der Waals surface area contributed by atoms with Crippen LogP contribution in [0, 0.1) is 5.41 Å². The molecule has 170 valence electrons. The SMILES string of the molecule is C=CCCCCCCC(CCCC(F)(F)C(F)(F)F)(C(=O)OCC)C(=O)OCC. The molecule has 0 unspecified atom stereocenters. The lowest BCUT2D eigenvalue weighted by molar-refractivity contribution is -0.284. The summed E-state index contributed by atoms with van der Waals surface area (Å²) < 4.78 is 73.7. The molecule has 0 amide bonds. The topological polar surface area (TPSA) is 52.6 Å². The smallest absolute Gasteiger partial charge is 0.453 e. The Morgan fingerprint density at radius 3 is 1.72 bits per heavy atom. The van der Waals surface area contributed by atoms with Gasteiger partial charge in [0.2, 0.25) is 0 Å². The molecule has 0 radical (unpaired) electrons. The van der Waals surface area contributed by atoms with Crippen molar-refractivity contribution in [3.63, 3.8) is 0 Å². The molecule has 0 atom stereocenters. The second-order valence-electron chi connectivity index (χ2n) is 6.82. The minimum Gasteiger partial charge on any atom is -0.465 e. The van der Waals surface area contributed by atoms with Crippen LogP contribution in [0.3, 0.4) is 0 Å². The summed E-state index contributed by atoms with van der Waals surface area (Å²) in [5.74, 6) is -6.79. The fraction of sp³-hybridized carbons (Fsp3) is 0.800. The van der Waals surface area contributed by atoms with Crippen LogP contribution in [0.15, 0.2) is 12.7 Å². The van der Waals surface area contributed by atoms with Crippen molar-refractivity contribution < 1.29 is 41.0 Å². The third-order valence-corrected chi connectivity index (χ3v) is 4.60. The van der Waals surface area contributed by atoms with Crippen LogP contribution in [-0.4, -0.2) is 37.3 Å². The second-order valence-corrected chi connectivity index (χ2v) is 6.82. The Kier molecular flexibility index (Phi) is 12.1. The van der Waals surface area contributed by atoms with E-state index < -0.39 is 48.7 Å². The molecule has 0 spiro atoms. The van der Waals surface area contributed by atoms with Crippen LogP contribution >= 0.6 is 0 Å². The number of hydrogen-bond acceptors (Lipinski definition) is 4. The first kappa shape index (κ1) is 27.3. The molecule has 0 bridgehead atoms. The highest BCUT2D eigenvalue weighted by Crippen LogP contribution is 2.42. The van der Waals surface area contributed by atoms with E-state index in [-0.39, 0.29) is 19.6 Å². The molecule has 0 aliphatic carbocycles. The number of alkyl halides is 5. The third-order valence-electron chi connectivity index (χ3n) is 4.60. The van der Waals surface area contributed by atoms with Crippen LogP contribution in [0.2, 0.25) is 0 Å². The Bertz CT molecular complexity index is 499. The fourth-order valence-corrected chi connectivity index (χ4v) is 2.98. The molecule has 0 N–H and O–H groups in total. The van der Waals surface area contributed by atoms with E-state index in [1.165, 1.54) is 13.8 Å². The highest BCUT2D eigenvalue weighted by Gasteiger charge is 2.57. The number of esters is 2. The van der Waals surface area contributed by atoms with Crippen molar-refractivity contribution in [3.8, 4) is 0 Å². The molecule has 0 saturated carbocycles. The van der Waals surface area contributed by atoms with Gasteiger partial charge in [-0.1, -0.05) is 25.3 Å². The van der Waals surface area contributed by atoms with Gasteiger partial charge in [0.1, 0.15) is 0 Å². The summed E-state index contributed by atoms with van der Waals surface area (Å²) in [6.45, 7) is 6.53. The average Bonchev–Trinajstić information content (AvgIpc) is 2.62. The number of hydrogen-bond donors (Lipinski definition) is 0. The zero-order valence-corrected chi connectivity index (χ0v) is 17.1. The summed E-state index contributed by atoms with van der Waals surface area (Å²) >= 11 is 0. The van der Waals surface area contributed by atoms with Gasteiger partial charge >= 0.3 is 24.0 Å². The molecule has 0 aromatic rings. The van der Waals surface area contributed by atoms with Crippen LogP contribution in [0.5, 0.6) is 0 Å². The quantitative estimate of drug-likeness (QED) is 0.105. The van der Waals surface area contributed by atoms with Crippen molar-refractivity contribution in [2.75, 3.05) is 13.2 Å². The zero-order chi connectivity index (χ0) is 22.6. The number of allylic oxidation sites excluding steroid dienone is 1. The Morgan fingerprint density at radius 2 is 1.28 bits per heavy atom. The molecule has 0 rings (SSSR count). The van der Waals surface area contributed by atoms with Gasteiger partial charge in [-0.15, -0.1) is 6.58 Å². The summed E-state index contributed by atoms with van der Waals surface area (Å²) in [7, 11) is 0. The van der Waals surface area contributed by atoms with E-state index in [0.717, 1.165) is 19.3 Å². The molecule has 0 saturated heterocycles. The third kappa shape index (κ3) is 8.70. The van der Waals surface area contributed by atoms with Crippen LogP contribution in [0.25, 0.3) is 0 Å². The van der Waals surface area contributed by atoms with E-state index in [0.29, 0.717) is 12.8 Å². The summed E-state index contributed by atoms with van der Waals surface area (Å²) in [5.41, 5.74) is -1.88. The van der Waals surface area contributed by atoms with Gasteiger partial charge in [-0.05, 0) is 46.0 Å². The molecule has 0 aliphatic heterocycles. The lowest BCUT2D eigenvalue weighted by Crippen LogP contribution is -2.43. The molecular weight excluding hydrogens is 399 g/mol. The first-order chi connectivity index (χ1) is 13.5. The normalized spacial score (nSPS) is 12.5. The van der Waals surface area contributed by atoms with Crippen molar-refractivity contribution >= 4 is 11.9 Å². The standard InChI is InChI=1S/C20H31F5O4/c1-4-7-8-9-10-11-13-18(16(26)28-5-2,17(27)29-6-3)14-12-15-19(21,22)20(23,24)25/h4H,1,5-15H2,2-3H3. The van der Waals surface area contributed by atoms with Gasteiger partial charge < -0.3 is 9.47 Å². The van der Waals surface area contributed by atoms with E-state index >= 15 is 0 Å². The van der Waals surface area contributed by atoms with Crippen LogP contribution in [0.4, 0.5) is 22.0 Å². The number of carbonyl (C=O) groups is 2. The summed E-state index contributed by atoms with van der Waals surface area (Å²) in [5, 5.41) is 0. The molecule has 0 aromatic carbocycles. The van der Waals surface area contributed by atoms with Crippen molar-refractivity contribution in [2.24, 2.45) is 5.41 Å². The zero-order valence-electron chi connectivity index (χ0n) is 17.1. The van der Waals surface area contributed by atoms with Crippen molar-refractivity contribution in [2.45, 2.75) is 83.7 Å². The molecule has 0 aromatic heterocycles. The van der Waals surface area contributed by atoms with Crippen molar-refractivity contribution in [1.82, 2.24) is 0 Å². The first-order valence-corrected chi connectivity index (χ1v) is 9.88. The minimum atomic E-state index is -5.69. The number of halogens is 5. The van der Waals surface area contributed by atoms with Crippen LogP contribution in [0.1, 0.15) is 71.6 Å². The summed E-state index contributed by atoms with van der Waals surface area (Å²) in [4.78, 5) is 25.1. The second kappa shape index (κ2) is 12.8. The predicted octanol–water partition coefficient (Wildman–Crippen LogP) is 5.99. The van der Waals surface area contributed by atoms with Crippen molar-refractivity contribution in [1.29, 1.82) is 0 Å². The number of unbranched alkanes of at least 4 members (excludes halogenated alkanes) is 4. The van der Waals surface area contributed by atoms with Crippen molar-refractivity contribution in [3.05, 3.63) is 12.7 Å². The maximum atomic E-state index is 13.3. The highest BCUT2D eigenvalue weighted by molar-refractivity contribution is 6.00. The van der Waals surface area contributed by atoms with Crippen LogP contribution < -0.4 is 0 Å². The Labute approximate surface area is 168 Å². The molecule has 0 fully saturated rings. The van der Waals surface area contributed by atoms with E-state index in [2.05, 4.69) is 6.58 Å². The summed E-state index contributed by atoms with van der Waals surface area (Å²) in [6.07, 6.45) is -3.09. The molecular formula is C20H31F5O4. The number of ether oxygens (including phenoxy) is 2.